The fourth-order valence-corrected chi connectivity index (χ4v) is 8.29. The number of hydrogen-bond acceptors (Lipinski definition) is 11. The maximum Gasteiger partial charge on any atom is 0.262 e. The molecular weight excluding hydrogens is 831 g/mol. The maximum atomic E-state index is 13.1. The van der Waals surface area contributed by atoms with Gasteiger partial charge in [-0.25, -0.2) is 9.98 Å². The van der Waals surface area contributed by atoms with Crippen LogP contribution < -0.4 is 20.3 Å². The molecular formula is C53H73N7O6. The zero-order chi connectivity index (χ0) is 48.5. The molecule has 4 heterocycles. The molecule has 0 spiro atoms. The number of carbonyl (C=O) groups excluding carboxylic acids is 5. The maximum absolute atomic E-state index is 13.1. The molecule has 1 fully saturated rings. The normalized spacial score (nSPS) is 15.1. The van der Waals surface area contributed by atoms with E-state index in [1.165, 1.54) is 30.5 Å². The molecule has 1 unspecified atom stereocenters. The quantitative estimate of drug-likeness (QED) is 0.0512. The lowest BCUT2D eigenvalue weighted by atomic mass is 10.0. The van der Waals surface area contributed by atoms with Gasteiger partial charge in [0.25, 0.3) is 11.8 Å². The molecule has 0 aliphatic carbocycles. The van der Waals surface area contributed by atoms with Crippen molar-refractivity contribution in [3.05, 3.63) is 100 Å². The lowest BCUT2D eigenvalue weighted by molar-refractivity contribution is -0.121. The number of aromatic nitrogens is 1. The van der Waals surface area contributed by atoms with Crippen LogP contribution >= 0.6 is 0 Å². The Morgan fingerprint density at radius 2 is 1.59 bits per heavy atom. The number of amidine groups is 1. The van der Waals surface area contributed by atoms with Crippen LogP contribution in [-0.2, 0) is 20.8 Å². The number of carbonyl (C=O) groups is 5. The summed E-state index contributed by atoms with van der Waals surface area (Å²) in [7, 11) is 0. The molecule has 66 heavy (non-hydrogen) atoms. The summed E-state index contributed by atoms with van der Waals surface area (Å²) in [4.78, 5) is 75.3. The minimum Gasteiger partial charge on any atom is -0.474 e. The highest BCUT2D eigenvalue weighted by Gasteiger charge is 2.42. The van der Waals surface area contributed by atoms with Crippen LogP contribution in [0, 0.1) is 13.8 Å². The van der Waals surface area contributed by atoms with Crippen molar-refractivity contribution < 1.29 is 28.7 Å². The van der Waals surface area contributed by atoms with Crippen molar-refractivity contribution >= 4 is 52.1 Å². The number of ketones is 3. The summed E-state index contributed by atoms with van der Waals surface area (Å²) in [5.41, 5.74) is 9.40. The Hall–Kier alpha value is -5.95. The second kappa shape index (κ2) is 25.7. The highest BCUT2D eigenvalue weighted by Crippen LogP contribution is 2.33. The molecule has 0 bridgehead atoms. The van der Waals surface area contributed by atoms with E-state index < -0.39 is 17.9 Å². The number of amides is 2. The van der Waals surface area contributed by atoms with Crippen LogP contribution in [0.4, 0.5) is 17.1 Å². The second-order valence-electron chi connectivity index (χ2n) is 17.4. The first kappa shape index (κ1) is 52.7. The molecule has 3 aromatic rings. The third-order valence-electron chi connectivity index (χ3n) is 11.9. The van der Waals surface area contributed by atoms with Crippen molar-refractivity contribution in [3.8, 4) is 5.88 Å². The molecule has 3 aliphatic heterocycles. The van der Waals surface area contributed by atoms with Crippen molar-refractivity contribution in [1.29, 1.82) is 0 Å². The minimum absolute atomic E-state index is 0.0716. The summed E-state index contributed by atoms with van der Waals surface area (Å²) >= 11 is 0. The molecule has 0 saturated carbocycles. The lowest BCUT2D eigenvalue weighted by Gasteiger charge is -2.47. The Bertz CT molecular complexity index is 2250. The van der Waals surface area contributed by atoms with Crippen LogP contribution in [0.15, 0.2) is 77.6 Å². The van der Waals surface area contributed by atoms with E-state index in [0.717, 1.165) is 110 Å². The molecule has 2 aromatic carbocycles. The summed E-state index contributed by atoms with van der Waals surface area (Å²) in [5.74, 6) is 0.524. The number of hydrogen-bond donors (Lipinski definition) is 2. The molecule has 2 N–H and O–H groups in total. The summed E-state index contributed by atoms with van der Waals surface area (Å²) < 4.78 is 5.39. The van der Waals surface area contributed by atoms with Crippen LogP contribution in [0.1, 0.15) is 138 Å². The highest BCUT2D eigenvalue weighted by atomic mass is 16.5. The number of fused-ring (bicyclic) bond motifs is 2. The van der Waals surface area contributed by atoms with Crippen molar-refractivity contribution in [2.24, 2.45) is 4.99 Å². The summed E-state index contributed by atoms with van der Waals surface area (Å²) in [6.07, 6.45) is 9.80. The van der Waals surface area contributed by atoms with Gasteiger partial charge in [-0.3, -0.25) is 29.0 Å². The summed E-state index contributed by atoms with van der Waals surface area (Å²) in [6, 6.07) is 12.9. The fourth-order valence-electron chi connectivity index (χ4n) is 8.29. The molecule has 2 amide bonds. The summed E-state index contributed by atoms with van der Waals surface area (Å²) in [6.45, 7) is 28.6. The number of imide groups is 1. The zero-order valence-electron chi connectivity index (χ0n) is 41.1. The van der Waals surface area contributed by atoms with E-state index in [1.807, 2.05) is 49.5 Å². The molecule has 13 heteroatoms. The van der Waals surface area contributed by atoms with Crippen LogP contribution in [0.2, 0.25) is 0 Å². The number of nitrogens with zero attached hydrogens (tertiary/aromatic N) is 5. The van der Waals surface area contributed by atoms with Crippen LogP contribution in [0.3, 0.4) is 0 Å². The van der Waals surface area contributed by atoms with Gasteiger partial charge >= 0.3 is 0 Å². The molecule has 0 radical (unpaired) electrons. The molecule has 1 atom stereocenters. The number of ether oxygens (including phenoxy) is 1. The number of benzene rings is 2. The Morgan fingerprint density at radius 3 is 2.17 bits per heavy atom. The van der Waals surface area contributed by atoms with Crippen molar-refractivity contribution in [1.82, 2.24) is 14.8 Å². The fraction of sp³-hybridized carbons (Fsp3) is 0.491. The van der Waals surface area contributed by atoms with Crippen molar-refractivity contribution in [2.45, 2.75) is 133 Å². The SMILES string of the molecule is C=C/C(CCC)=C(/CC)N=C(C)Nc1ccc(CC(C)=O)cc1.CCCN(CCC)C1CN(c2ccc3c(c2)C(=O)N(C(CCC(C)=O)C(C)=O)C3=O)C1.Cc1cnc2c(c1C)NCCO2. The molecule has 1 saturated heterocycles. The van der Waals surface area contributed by atoms with Gasteiger partial charge < -0.3 is 25.1 Å². The highest BCUT2D eigenvalue weighted by molar-refractivity contribution is 6.23. The smallest absolute Gasteiger partial charge is 0.262 e. The number of anilines is 3. The summed E-state index contributed by atoms with van der Waals surface area (Å²) in [5, 5.41) is 6.59. The third-order valence-corrected chi connectivity index (χ3v) is 11.9. The van der Waals surface area contributed by atoms with Gasteiger partial charge in [0, 0.05) is 61.8 Å². The number of allylic oxidation sites excluding steroid dienone is 3. The predicted octanol–water partition coefficient (Wildman–Crippen LogP) is 9.72. The Morgan fingerprint density at radius 1 is 0.924 bits per heavy atom. The minimum atomic E-state index is -0.898. The average molecular weight is 904 g/mol. The van der Waals surface area contributed by atoms with Gasteiger partial charge in [0.2, 0.25) is 5.88 Å². The Balaban J connectivity index is 0.000000237. The largest absolute Gasteiger partial charge is 0.474 e. The average Bonchev–Trinajstić information content (AvgIpc) is 3.51. The molecule has 356 valence electrons. The number of aryl methyl sites for hydroxylation is 1. The van der Waals surface area contributed by atoms with Gasteiger partial charge in [-0.15, -0.1) is 0 Å². The van der Waals surface area contributed by atoms with E-state index in [2.05, 4.69) is 73.5 Å². The van der Waals surface area contributed by atoms with Gasteiger partial charge in [-0.2, -0.15) is 0 Å². The first-order valence-corrected chi connectivity index (χ1v) is 23.7. The zero-order valence-corrected chi connectivity index (χ0v) is 41.1. The first-order chi connectivity index (χ1) is 31.6. The topological polar surface area (TPSA) is 154 Å². The van der Waals surface area contributed by atoms with Gasteiger partial charge in [-0.05, 0) is 139 Å². The van der Waals surface area contributed by atoms with E-state index in [4.69, 9.17) is 9.73 Å². The van der Waals surface area contributed by atoms with Crippen LogP contribution in [-0.4, -0.2) is 101 Å². The number of nitrogens with one attached hydrogen (secondary N) is 2. The standard InChI is InChI=1S/C24H33N3O4.C20H28N2O.C9H12N2O/c1-5-11-25(12-6-2)19-14-26(15-19)18-8-9-20-21(13-18)24(31)27(23(20)30)22(17(4)29)10-7-16(3)28;1-6-9-18(7-2)20(8-3)22-16(5)21-19-12-10-17(11-13-19)14-15(4)23;1-6-5-11-9-8(7(6)2)10-3-4-12-9/h8-9,13,19,22H,5-7,10-12,14-15H2,1-4H3;7,10-13H,2,6,8-9,14H2,1,3-5H3,(H,21,22);5,10H,3-4H2,1-2H3/b;20-18+;. The first-order valence-electron chi connectivity index (χ1n) is 23.7. The third kappa shape index (κ3) is 14.3. The van der Waals surface area contributed by atoms with E-state index in [9.17, 15) is 24.0 Å². The predicted molar refractivity (Wildman–Crippen MR) is 267 cm³/mol. The number of Topliss-reactive ketones (excluding diaryl/α,β-unsaturated/α-hetero) is 3. The van der Waals surface area contributed by atoms with Crippen molar-refractivity contribution in [3.63, 3.8) is 0 Å². The Kier molecular flexibility index (Phi) is 20.5. The molecule has 1 aromatic heterocycles. The van der Waals surface area contributed by atoms with Gasteiger partial charge in [0.15, 0.2) is 5.78 Å². The monoisotopic (exact) mass is 904 g/mol. The van der Waals surface area contributed by atoms with E-state index >= 15 is 0 Å². The van der Waals surface area contributed by atoms with Crippen LogP contribution in [0.5, 0.6) is 5.88 Å². The van der Waals surface area contributed by atoms with E-state index in [1.54, 1.807) is 19.1 Å². The molecule has 13 nitrogen and oxygen atoms in total. The lowest BCUT2D eigenvalue weighted by Crippen LogP contribution is -2.59. The van der Waals surface area contributed by atoms with Crippen LogP contribution in [0.25, 0.3) is 0 Å². The number of aliphatic imine (C=N–C) groups is 1. The van der Waals surface area contributed by atoms with Crippen molar-refractivity contribution in [2.75, 3.05) is 54.9 Å². The van der Waals surface area contributed by atoms with E-state index in [-0.39, 0.29) is 30.2 Å². The molecule has 6 rings (SSSR count). The van der Waals surface area contributed by atoms with Gasteiger partial charge in [-0.1, -0.05) is 58.9 Å². The Labute approximate surface area is 393 Å². The van der Waals surface area contributed by atoms with Gasteiger partial charge in [0.1, 0.15) is 29.7 Å². The van der Waals surface area contributed by atoms with E-state index in [0.29, 0.717) is 30.2 Å². The molecule has 3 aliphatic rings. The second-order valence-corrected chi connectivity index (χ2v) is 17.4. The number of rotatable bonds is 19. The van der Waals surface area contributed by atoms with Gasteiger partial charge in [0.05, 0.1) is 17.2 Å². The number of pyridine rings is 1.